The van der Waals surface area contributed by atoms with Crippen LogP contribution in [0.2, 0.25) is 0 Å². The molecule has 0 spiro atoms. The summed E-state index contributed by atoms with van der Waals surface area (Å²) < 4.78 is 6.22. The predicted molar refractivity (Wildman–Crippen MR) is 95.4 cm³/mol. The van der Waals surface area contributed by atoms with Gasteiger partial charge in [0.1, 0.15) is 5.75 Å². The highest BCUT2D eigenvalue weighted by Gasteiger charge is 2.04. The third kappa shape index (κ3) is 4.55. The molecule has 0 radical (unpaired) electrons. The fraction of sp³-hybridized carbons (Fsp3) is 0.176. The maximum absolute atomic E-state index is 5.25. The van der Waals surface area contributed by atoms with Crippen molar-refractivity contribution in [3.63, 3.8) is 0 Å². The van der Waals surface area contributed by atoms with Gasteiger partial charge in [-0.3, -0.25) is 0 Å². The Kier molecular flexibility index (Phi) is 6.21. The summed E-state index contributed by atoms with van der Waals surface area (Å²) in [6.07, 6.45) is 1.92. The van der Waals surface area contributed by atoms with E-state index in [1.165, 1.54) is 10.5 Å². The summed E-state index contributed by atoms with van der Waals surface area (Å²) in [5.74, 6) is 1.76. The van der Waals surface area contributed by atoms with Gasteiger partial charge in [0, 0.05) is 22.9 Å². The zero-order valence-corrected chi connectivity index (χ0v) is 14.3. The monoisotopic (exact) mass is 363 g/mol. The van der Waals surface area contributed by atoms with E-state index < -0.39 is 0 Å². The number of anilines is 1. The van der Waals surface area contributed by atoms with Gasteiger partial charge in [0.2, 0.25) is 0 Å². The van der Waals surface area contributed by atoms with E-state index in [4.69, 9.17) is 4.74 Å². The van der Waals surface area contributed by atoms with E-state index in [0.29, 0.717) is 0 Å². The minimum absolute atomic E-state index is 0.772. The van der Waals surface area contributed by atoms with Gasteiger partial charge in [-0.1, -0.05) is 24.3 Å². The Bertz CT molecular complexity index is 615. The molecule has 0 saturated carbocycles. The van der Waals surface area contributed by atoms with Gasteiger partial charge in [0.15, 0.2) is 0 Å². The molecule has 4 heteroatoms. The van der Waals surface area contributed by atoms with E-state index in [2.05, 4.69) is 58.2 Å². The molecule has 1 N–H and O–H groups in total. The van der Waals surface area contributed by atoms with Gasteiger partial charge in [-0.25, -0.2) is 0 Å². The van der Waals surface area contributed by atoms with Crippen molar-refractivity contribution in [3.05, 3.63) is 65.2 Å². The van der Waals surface area contributed by atoms with Crippen LogP contribution in [-0.4, -0.2) is 12.9 Å². The molecule has 0 aliphatic rings. The molecule has 2 aromatic rings. The molecule has 110 valence electrons. The van der Waals surface area contributed by atoms with Crippen molar-refractivity contribution < 1.29 is 4.74 Å². The van der Waals surface area contributed by atoms with Gasteiger partial charge in [0.05, 0.1) is 11.6 Å². The van der Waals surface area contributed by atoms with E-state index in [-0.39, 0.29) is 0 Å². The lowest BCUT2D eigenvalue weighted by Gasteiger charge is -2.12. The van der Waals surface area contributed by atoms with Crippen LogP contribution in [0.5, 0.6) is 5.75 Å². The second-order valence-electron chi connectivity index (χ2n) is 4.42. The van der Waals surface area contributed by atoms with Crippen LogP contribution in [0.25, 0.3) is 0 Å². The molecule has 0 atom stereocenters. The van der Waals surface area contributed by atoms with E-state index in [1.807, 2.05) is 18.2 Å². The lowest BCUT2D eigenvalue weighted by Crippen LogP contribution is -2.01. The number of benzene rings is 2. The minimum Gasteiger partial charge on any atom is -0.496 e. The summed E-state index contributed by atoms with van der Waals surface area (Å²) in [4.78, 5) is 1.24. The largest absolute Gasteiger partial charge is 0.496 e. The SMILES string of the molecule is C=CCSc1ccccc1NCc1ccc(OC)c(Br)c1. The molecule has 0 amide bonds. The number of thioether (sulfide) groups is 1. The third-order valence-electron chi connectivity index (χ3n) is 2.94. The standard InChI is InChI=1S/C17H18BrNOS/c1-3-10-21-17-7-5-4-6-15(17)19-12-13-8-9-16(20-2)14(18)11-13/h3-9,11,19H,1,10,12H2,2H3. The molecule has 0 saturated heterocycles. The molecular weight excluding hydrogens is 346 g/mol. The first-order chi connectivity index (χ1) is 10.2. The molecular formula is C17H18BrNOS. The summed E-state index contributed by atoms with van der Waals surface area (Å²) in [7, 11) is 1.67. The Hall–Kier alpha value is -1.39. The number of hydrogen-bond donors (Lipinski definition) is 1. The van der Waals surface area contributed by atoms with Gasteiger partial charge < -0.3 is 10.1 Å². The normalized spacial score (nSPS) is 10.2. The van der Waals surface area contributed by atoms with Crippen LogP contribution in [0.4, 0.5) is 5.69 Å². The van der Waals surface area contributed by atoms with Crippen LogP contribution >= 0.6 is 27.7 Å². The van der Waals surface area contributed by atoms with E-state index in [9.17, 15) is 0 Å². The number of ether oxygens (including phenoxy) is 1. The number of methoxy groups -OCH3 is 1. The molecule has 0 fully saturated rings. The Morgan fingerprint density at radius 1 is 1.29 bits per heavy atom. The Balaban J connectivity index is 2.05. The fourth-order valence-electron chi connectivity index (χ4n) is 1.90. The van der Waals surface area contributed by atoms with Crippen LogP contribution in [0, 0.1) is 0 Å². The lowest BCUT2D eigenvalue weighted by molar-refractivity contribution is 0.412. The summed E-state index contributed by atoms with van der Waals surface area (Å²) in [6, 6.07) is 14.4. The van der Waals surface area contributed by atoms with Crippen molar-refractivity contribution in [2.24, 2.45) is 0 Å². The lowest BCUT2D eigenvalue weighted by atomic mass is 10.2. The molecule has 0 unspecified atom stereocenters. The van der Waals surface area contributed by atoms with Gasteiger partial charge in [-0.2, -0.15) is 0 Å². The maximum Gasteiger partial charge on any atom is 0.133 e. The first kappa shape index (κ1) is 16.0. The predicted octanol–water partition coefficient (Wildman–Crippen LogP) is 5.35. The molecule has 0 aromatic heterocycles. The molecule has 0 heterocycles. The third-order valence-corrected chi connectivity index (χ3v) is 4.63. The molecule has 2 nitrogen and oxygen atoms in total. The van der Waals surface area contributed by atoms with E-state index in [1.54, 1.807) is 18.9 Å². The van der Waals surface area contributed by atoms with Crippen molar-refractivity contribution in [3.8, 4) is 5.75 Å². The quantitative estimate of drug-likeness (QED) is 0.529. The van der Waals surface area contributed by atoms with Crippen LogP contribution < -0.4 is 10.1 Å². The summed E-state index contributed by atoms with van der Waals surface area (Å²) in [5.41, 5.74) is 2.35. The van der Waals surface area contributed by atoms with Crippen molar-refractivity contribution in [1.29, 1.82) is 0 Å². The smallest absolute Gasteiger partial charge is 0.133 e. The van der Waals surface area contributed by atoms with Crippen LogP contribution in [0.15, 0.2) is 64.5 Å². The van der Waals surface area contributed by atoms with Crippen LogP contribution in [0.1, 0.15) is 5.56 Å². The highest BCUT2D eigenvalue weighted by Crippen LogP contribution is 2.29. The Labute approximate surface area is 138 Å². The number of rotatable bonds is 7. The first-order valence-corrected chi connectivity index (χ1v) is 8.41. The first-order valence-electron chi connectivity index (χ1n) is 6.63. The highest BCUT2D eigenvalue weighted by molar-refractivity contribution is 9.10. The van der Waals surface area contributed by atoms with Gasteiger partial charge in [0.25, 0.3) is 0 Å². The number of para-hydroxylation sites is 1. The molecule has 2 rings (SSSR count). The van der Waals surface area contributed by atoms with Crippen molar-refractivity contribution in [1.82, 2.24) is 0 Å². The Morgan fingerprint density at radius 3 is 2.81 bits per heavy atom. The Morgan fingerprint density at radius 2 is 2.10 bits per heavy atom. The van der Waals surface area contributed by atoms with Gasteiger partial charge in [-0.05, 0) is 45.8 Å². The summed E-state index contributed by atoms with van der Waals surface area (Å²) in [5, 5.41) is 3.49. The zero-order valence-electron chi connectivity index (χ0n) is 11.9. The number of halogens is 1. The van der Waals surface area contributed by atoms with Crippen molar-refractivity contribution >= 4 is 33.4 Å². The van der Waals surface area contributed by atoms with Gasteiger partial charge in [-0.15, -0.1) is 18.3 Å². The second-order valence-corrected chi connectivity index (χ2v) is 6.33. The topological polar surface area (TPSA) is 21.3 Å². The minimum atomic E-state index is 0.772. The molecule has 0 aliphatic heterocycles. The van der Waals surface area contributed by atoms with Crippen molar-refractivity contribution in [2.45, 2.75) is 11.4 Å². The van der Waals surface area contributed by atoms with Crippen molar-refractivity contribution in [2.75, 3.05) is 18.2 Å². The molecule has 0 aliphatic carbocycles. The zero-order chi connectivity index (χ0) is 15.1. The molecule has 2 aromatic carbocycles. The maximum atomic E-state index is 5.25. The van der Waals surface area contributed by atoms with E-state index in [0.717, 1.165) is 28.2 Å². The summed E-state index contributed by atoms with van der Waals surface area (Å²) in [6.45, 7) is 4.54. The number of hydrogen-bond acceptors (Lipinski definition) is 3. The average molecular weight is 364 g/mol. The average Bonchev–Trinajstić information content (AvgIpc) is 2.52. The second kappa shape index (κ2) is 8.15. The molecule has 21 heavy (non-hydrogen) atoms. The fourth-order valence-corrected chi connectivity index (χ4v) is 3.26. The van der Waals surface area contributed by atoms with E-state index >= 15 is 0 Å². The van der Waals surface area contributed by atoms with Crippen LogP contribution in [0.3, 0.4) is 0 Å². The highest BCUT2D eigenvalue weighted by atomic mass is 79.9. The summed E-state index contributed by atoms with van der Waals surface area (Å²) >= 11 is 5.30. The van der Waals surface area contributed by atoms with Crippen LogP contribution in [-0.2, 0) is 6.54 Å². The number of nitrogens with one attached hydrogen (secondary N) is 1. The van der Waals surface area contributed by atoms with Gasteiger partial charge >= 0.3 is 0 Å². The molecule has 0 bridgehead atoms.